The quantitative estimate of drug-likeness (QED) is 0.218. The Kier molecular flexibility index (Phi) is 14.8. The Bertz CT molecular complexity index is 1570. The van der Waals surface area contributed by atoms with E-state index in [0.29, 0.717) is 11.8 Å². The van der Waals surface area contributed by atoms with E-state index in [-0.39, 0.29) is 30.2 Å². The van der Waals surface area contributed by atoms with E-state index >= 15 is 0 Å². The van der Waals surface area contributed by atoms with Crippen LogP contribution in [0, 0.1) is 23.3 Å². The van der Waals surface area contributed by atoms with Gasteiger partial charge in [0.05, 0.1) is 0 Å². The predicted molar refractivity (Wildman–Crippen MR) is 177 cm³/mol. The van der Waals surface area contributed by atoms with Gasteiger partial charge in [0, 0.05) is 0 Å². The molecular weight excluding hydrogens is 689 g/mol. The van der Waals surface area contributed by atoms with Gasteiger partial charge in [0.25, 0.3) is 0 Å². The van der Waals surface area contributed by atoms with Crippen LogP contribution in [-0.4, -0.2) is 3.21 Å². The molecule has 0 saturated carbocycles. The SMILES string of the molecule is CC(C)C1[C-]=CC(C(C)(C)C)=C1.Clc1ccc([C](=[Zr+2])c2ccc(Cl)cc2)cc1.[Cl-].[Cl-].c1ccc2c(c1)[cH-]c1ccccc12. The first-order chi connectivity index (χ1) is 19.5. The number of hydrogen-bond acceptors (Lipinski definition) is 0. The molecule has 0 saturated heterocycles. The summed E-state index contributed by atoms with van der Waals surface area (Å²) >= 11 is 13.1. The summed E-state index contributed by atoms with van der Waals surface area (Å²) in [6.45, 7) is 11.2. The van der Waals surface area contributed by atoms with Gasteiger partial charge in [-0.25, -0.2) is 6.08 Å². The zero-order valence-corrected chi connectivity index (χ0v) is 30.6. The molecule has 0 aromatic heterocycles. The first-order valence-electron chi connectivity index (χ1n) is 14.0. The van der Waals surface area contributed by atoms with Gasteiger partial charge in [-0.05, 0) is 0 Å². The van der Waals surface area contributed by atoms with Crippen molar-refractivity contribution < 1.29 is 49.0 Å². The first kappa shape index (κ1) is 37.3. The number of halogens is 4. The Labute approximate surface area is 294 Å². The van der Waals surface area contributed by atoms with E-state index in [9.17, 15) is 0 Å². The topological polar surface area (TPSA) is 0 Å². The van der Waals surface area contributed by atoms with Crippen molar-refractivity contribution in [3.63, 3.8) is 0 Å². The minimum absolute atomic E-state index is 0. The molecule has 0 spiro atoms. The second kappa shape index (κ2) is 17.0. The van der Waals surface area contributed by atoms with E-state index in [1.165, 1.54) is 65.7 Å². The molecule has 0 fully saturated rings. The van der Waals surface area contributed by atoms with Crippen LogP contribution in [-0.2, 0) is 24.2 Å². The standard InChI is InChI=1S/C13H8Cl2.C13H9.C12H19.2ClH.Zr/c14-12-5-1-10(2-6-12)9-11-3-7-13(15)8-4-11;1-3-7-12-10(5-1)9-11-6-2-4-8-13(11)12;1-9(2)10-6-7-11(8-10)12(3,4)5;;;/h1-8H;1-9H;7-10H,1-5H3;2*1H;/q;2*-1;;;+2/p-2. The summed E-state index contributed by atoms with van der Waals surface area (Å²) in [5.41, 5.74) is 4.15. The molecular formula is C38H36Cl4Zr-2. The van der Waals surface area contributed by atoms with Crippen LogP contribution < -0.4 is 24.8 Å². The predicted octanol–water partition coefficient (Wildman–Crippen LogP) is 5.43. The Balaban J connectivity index is 0.000000222. The van der Waals surface area contributed by atoms with Crippen LogP contribution >= 0.6 is 23.2 Å². The maximum absolute atomic E-state index is 5.86. The molecule has 1 unspecified atom stereocenters. The van der Waals surface area contributed by atoms with Gasteiger partial charge in [0.1, 0.15) is 0 Å². The molecule has 0 aliphatic heterocycles. The van der Waals surface area contributed by atoms with Gasteiger partial charge in [-0.1, -0.05) is 88.3 Å². The molecule has 1 aliphatic carbocycles. The molecule has 5 aromatic rings. The molecule has 1 atom stereocenters. The van der Waals surface area contributed by atoms with Crippen LogP contribution in [0.15, 0.2) is 121 Å². The van der Waals surface area contributed by atoms with E-state index in [2.05, 4.69) is 107 Å². The Morgan fingerprint density at radius 1 is 0.721 bits per heavy atom. The van der Waals surface area contributed by atoms with E-state index in [1.807, 2.05) is 48.5 Å². The number of rotatable bonds is 3. The summed E-state index contributed by atoms with van der Waals surface area (Å²) in [5, 5.41) is 6.93. The van der Waals surface area contributed by atoms with E-state index < -0.39 is 0 Å². The number of benzene rings is 4. The normalized spacial score (nSPS) is 13.7. The number of fused-ring (bicyclic) bond motifs is 3. The second-order valence-corrected chi connectivity index (χ2v) is 13.8. The van der Waals surface area contributed by atoms with Crippen molar-refractivity contribution in [1.29, 1.82) is 0 Å². The van der Waals surface area contributed by atoms with Crippen LogP contribution in [0.4, 0.5) is 0 Å². The van der Waals surface area contributed by atoms with Crippen LogP contribution in [0.25, 0.3) is 21.5 Å². The van der Waals surface area contributed by atoms with Gasteiger partial charge < -0.3 is 24.8 Å². The zero-order valence-electron chi connectivity index (χ0n) is 25.1. The molecule has 0 bridgehead atoms. The fourth-order valence-electron chi connectivity index (χ4n) is 4.63. The molecule has 0 heterocycles. The third-order valence-electron chi connectivity index (χ3n) is 7.16. The third-order valence-corrected chi connectivity index (χ3v) is 9.09. The molecule has 0 amide bonds. The van der Waals surface area contributed by atoms with Crippen molar-refractivity contribution >= 4 is 48.0 Å². The maximum Gasteiger partial charge on any atom is -0.0771 e. The van der Waals surface area contributed by atoms with Crippen LogP contribution in [0.3, 0.4) is 0 Å². The van der Waals surface area contributed by atoms with Gasteiger partial charge in [-0.15, -0.1) is 39.7 Å². The molecule has 6 rings (SSSR count). The molecule has 5 aromatic carbocycles. The summed E-state index contributed by atoms with van der Waals surface area (Å²) in [5.74, 6) is 1.22. The molecule has 0 nitrogen and oxygen atoms in total. The minimum atomic E-state index is 0. The second-order valence-electron chi connectivity index (χ2n) is 11.7. The van der Waals surface area contributed by atoms with Crippen molar-refractivity contribution in [3.8, 4) is 0 Å². The average molecular weight is 726 g/mol. The maximum atomic E-state index is 5.86. The largest absolute Gasteiger partial charge is 1.00 e. The summed E-state index contributed by atoms with van der Waals surface area (Å²) in [4.78, 5) is 0. The molecule has 0 N–H and O–H groups in total. The van der Waals surface area contributed by atoms with Crippen LogP contribution in [0.1, 0.15) is 45.7 Å². The molecule has 0 radical (unpaired) electrons. The van der Waals surface area contributed by atoms with Crippen molar-refractivity contribution in [3.05, 3.63) is 148 Å². The van der Waals surface area contributed by atoms with Crippen molar-refractivity contribution in [1.82, 2.24) is 0 Å². The zero-order chi connectivity index (χ0) is 29.6. The minimum Gasteiger partial charge on any atom is -1.00 e. The van der Waals surface area contributed by atoms with Crippen LogP contribution in [0.5, 0.6) is 0 Å². The monoisotopic (exact) mass is 722 g/mol. The van der Waals surface area contributed by atoms with Gasteiger partial charge in [0.15, 0.2) is 0 Å². The summed E-state index contributed by atoms with van der Waals surface area (Å²) in [6.07, 6.45) is 7.90. The van der Waals surface area contributed by atoms with Crippen molar-refractivity contribution in [2.24, 2.45) is 17.3 Å². The third kappa shape index (κ3) is 10.3. The smallest absolute Gasteiger partial charge is 0.0771 e. The number of allylic oxidation sites excluding steroid dienone is 4. The molecule has 5 heteroatoms. The van der Waals surface area contributed by atoms with E-state index in [0.717, 1.165) is 10.0 Å². The van der Waals surface area contributed by atoms with E-state index in [4.69, 9.17) is 23.2 Å². The van der Waals surface area contributed by atoms with Gasteiger partial charge >= 0.3 is 120 Å². The summed E-state index contributed by atoms with van der Waals surface area (Å²) < 4.78 is 1.31. The van der Waals surface area contributed by atoms with Crippen molar-refractivity contribution in [2.45, 2.75) is 34.6 Å². The fraction of sp³-hybridized carbons (Fsp3) is 0.211. The van der Waals surface area contributed by atoms with Crippen LogP contribution in [0.2, 0.25) is 10.0 Å². The number of hydrogen-bond donors (Lipinski definition) is 0. The van der Waals surface area contributed by atoms with Gasteiger partial charge in [-0.3, -0.25) is 6.08 Å². The Hall–Kier alpha value is -1.86. The Morgan fingerprint density at radius 3 is 1.49 bits per heavy atom. The van der Waals surface area contributed by atoms with Gasteiger partial charge in [0.2, 0.25) is 0 Å². The summed E-state index contributed by atoms with van der Waals surface area (Å²) in [6, 6.07) is 35.1. The van der Waals surface area contributed by atoms with E-state index in [1.54, 1.807) is 0 Å². The van der Waals surface area contributed by atoms with Crippen molar-refractivity contribution in [2.75, 3.05) is 0 Å². The fourth-order valence-corrected chi connectivity index (χ4v) is 5.70. The average Bonchev–Trinajstić information content (AvgIpc) is 3.60. The molecule has 43 heavy (non-hydrogen) atoms. The first-order valence-corrected chi connectivity index (χ1v) is 16.0. The van der Waals surface area contributed by atoms with Gasteiger partial charge in [-0.2, -0.15) is 11.6 Å². The molecule has 222 valence electrons. The Morgan fingerprint density at radius 2 is 1.14 bits per heavy atom. The summed E-state index contributed by atoms with van der Waals surface area (Å²) in [7, 11) is 0. The molecule has 1 aliphatic rings.